The van der Waals surface area contributed by atoms with E-state index in [1.807, 2.05) is 0 Å². The van der Waals surface area contributed by atoms with Gasteiger partial charge in [0.25, 0.3) is 0 Å². The van der Waals surface area contributed by atoms with Gasteiger partial charge >= 0.3 is 0 Å². The van der Waals surface area contributed by atoms with E-state index in [1.54, 1.807) is 0 Å². The van der Waals surface area contributed by atoms with E-state index in [9.17, 15) is 0 Å². The van der Waals surface area contributed by atoms with Crippen LogP contribution in [0.3, 0.4) is 0 Å². The molecule has 60 heavy (non-hydrogen) atoms. The van der Waals surface area contributed by atoms with Gasteiger partial charge in [0.05, 0.1) is 0 Å². The summed E-state index contributed by atoms with van der Waals surface area (Å²) in [5.74, 6) is 0. The van der Waals surface area contributed by atoms with Gasteiger partial charge in [0.2, 0.25) is 0 Å². The highest BCUT2D eigenvalue weighted by atomic mass is 14.5. The number of benzene rings is 10. The maximum absolute atomic E-state index is 2.60. The second-order valence-corrected chi connectivity index (χ2v) is 20.4. The Morgan fingerprint density at radius 2 is 0.667 bits per heavy atom. The Balaban J connectivity index is 1.39. The highest BCUT2D eigenvalue weighted by Gasteiger charge is 2.48. The molecule has 10 aromatic carbocycles. The quantitative estimate of drug-likeness (QED) is 0.154. The Morgan fingerprint density at radius 3 is 1.02 bits per heavy atom. The molecule has 0 heterocycles. The molecule has 290 valence electrons. The number of fused-ring (bicyclic) bond motifs is 12. The second kappa shape index (κ2) is 11.7. The first-order valence-corrected chi connectivity index (χ1v) is 21.8. The third-order valence-corrected chi connectivity index (χ3v) is 14.9. The summed E-state index contributed by atoms with van der Waals surface area (Å²) in [6.07, 6.45) is 0. The molecule has 0 fully saturated rings. The lowest BCUT2D eigenvalue weighted by Gasteiger charge is -2.34. The molecule has 0 saturated heterocycles. The largest absolute Gasteiger partial charge is 0.0622 e. The first-order valence-electron chi connectivity index (χ1n) is 21.8. The zero-order chi connectivity index (χ0) is 41.1. The van der Waals surface area contributed by atoms with Crippen LogP contribution >= 0.6 is 0 Å². The zero-order valence-corrected chi connectivity index (χ0v) is 36.0. The maximum atomic E-state index is 2.60. The molecule has 0 aliphatic heterocycles. The van der Waals surface area contributed by atoms with Gasteiger partial charge in [0.1, 0.15) is 0 Å². The molecular weight excluding hydrogens is 721 g/mol. The topological polar surface area (TPSA) is 0 Å². The van der Waals surface area contributed by atoms with Crippen molar-refractivity contribution in [2.24, 2.45) is 0 Å². The number of hydrogen-bond donors (Lipinski definition) is 0. The van der Waals surface area contributed by atoms with Gasteiger partial charge in [-0.3, -0.25) is 0 Å². The molecule has 0 aromatic heterocycles. The maximum Gasteiger partial charge on any atom is 0.0442 e. The average Bonchev–Trinajstić information content (AvgIpc) is 3.67. The van der Waals surface area contributed by atoms with Gasteiger partial charge in [0.15, 0.2) is 0 Å². The molecule has 0 heteroatoms. The van der Waals surface area contributed by atoms with Gasteiger partial charge in [0, 0.05) is 10.8 Å². The van der Waals surface area contributed by atoms with E-state index in [-0.39, 0.29) is 10.8 Å². The van der Waals surface area contributed by atoms with E-state index in [0.29, 0.717) is 0 Å². The van der Waals surface area contributed by atoms with Crippen LogP contribution in [0.15, 0.2) is 158 Å². The highest BCUT2D eigenvalue weighted by molar-refractivity contribution is 6.34. The molecule has 2 atom stereocenters. The van der Waals surface area contributed by atoms with Gasteiger partial charge < -0.3 is 0 Å². The van der Waals surface area contributed by atoms with E-state index < -0.39 is 10.8 Å². The lowest BCUT2D eigenvalue weighted by molar-refractivity contribution is 0.591. The molecule has 0 bridgehead atoms. The van der Waals surface area contributed by atoms with Crippen LogP contribution in [0.1, 0.15) is 99.9 Å². The Hall–Kier alpha value is -6.24. The summed E-state index contributed by atoms with van der Waals surface area (Å²) in [5.41, 5.74) is 15.7. The van der Waals surface area contributed by atoms with E-state index in [0.717, 1.165) is 0 Å². The summed E-state index contributed by atoms with van der Waals surface area (Å²) < 4.78 is 0. The normalized spacial score (nSPS) is 18.5. The number of hydrogen-bond acceptors (Lipinski definition) is 0. The van der Waals surface area contributed by atoms with E-state index >= 15 is 0 Å². The molecular formula is C60H50. The van der Waals surface area contributed by atoms with Gasteiger partial charge in [-0.1, -0.05) is 163 Å². The molecule has 0 N–H and O–H groups in total. The zero-order valence-electron chi connectivity index (χ0n) is 36.0. The smallest absolute Gasteiger partial charge is 0.0442 e. The molecule has 2 aliphatic carbocycles. The Bertz CT molecular complexity index is 3210. The fraction of sp³-hybridized carbons (Fsp3) is 0.200. The van der Waals surface area contributed by atoms with E-state index in [4.69, 9.17) is 0 Å². The summed E-state index contributed by atoms with van der Waals surface area (Å²) in [7, 11) is 0. The van der Waals surface area contributed by atoms with E-state index in [2.05, 4.69) is 213 Å². The molecule has 0 saturated carbocycles. The van der Waals surface area contributed by atoms with Crippen molar-refractivity contribution in [1.82, 2.24) is 0 Å². The van der Waals surface area contributed by atoms with Gasteiger partial charge in [-0.25, -0.2) is 0 Å². The summed E-state index contributed by atoms with van der Waals surface area (Å²) >= 11 is 0. The highest BCUT2D eigenvalue weighted by Crippen LogP contribution is 2.64. The third-order valence-electron chi connectivity index (χ3n) is 14.9. The van der Waals surface area contributed by atoms with Crippen LogP contribution in [0, 0.1) is 0 Å². The minimum absolute atomic E-state index is 0.0829. The van der Waals surface area contributed by atoms with Crippen LogP contribution in [0.4, 0.5) is 0 Å². The summed E-state index contributed by atoms with van der Waals surface area (Å²) in [5, 5.41) is 13.5. The number of rotatable bonds is 2. The first kappa shape index (κ1) is 35.7. The van der Waals surface area contributed by atoms with Crippen molar-refractivity contribution < 1.29 is 0 Å². The van der Waals surface area contributed by atoms with Crippen LogP contribution in [0.5, 0.6) is 0 Å². The van der Waals surface area contributed by atoms with Crippen molar-refractivity contribution in [1.29, 1.82) is 0 Å². The predicted octanol–water partition coefficient (Wildman–Crippen LogP) is 16.2. The molecule has 10 aromatic rings. The fourth-order valence-corrected chi connectivity index (χ4v) is 11.7. The Kier molecular flexibility index (Phi) is 6.98. The monoisotopic (exact) mass is 770 g/mol. The third kappa shape index (κ3) is 4.52. The van der Waals surface area contributed by atoms with Crippen molar-refractivity contribution in [3.05, 3.63) is 202 Å². The lowest BCUT2D eigenvalue weighted by atomic mass is 9.68. The van der Waals surface area contributed by atoms with Crippen molar-refractivity contribution in [3.8, 4) is 22.3 Å². The fourth-order valence-electron chi connectivity index (χ4n) is 11.7. The van der Waals surface area contributed by atoms with Crippen molar-refractivity contribution in [2.75, 3.05) is 0 Å². The van der Waals surface area contributed by atoms with Crippen LogP contribution in [-0.2, 0) is 21.7 Å². The minimum atomic E-state index is -0.396. The van der Waals surface area contributed by atoms with Crippen LogP contribution < -0.4 is 0 Å². The first-order chi connectivity index (χ1) is 28.8. The summed E-state index contributed by atoms with van der Waals surface area (Å²) in [4.78, 5) is 0. The Morgan fingerprint density at radius 1 is 0.350 bits per heavy atom. The van der Waals surface area contributed by atoms with Crippen LogP contribution in [-0.4, -0.2) is 0 Å². The Labute approximate surface area is 353 Å². The molecule has 12 rings (SSSR count). The van der Waals surface area contributed by atoms with Gasteiger partial charge in [-0.05, 0) is 182 Å². The molecule has 2 unspecified atom stereocenters. The van der Waals surface area contributed by atoms with Crippen LogP contribution in [0.25, 0.3) is 76.1 Å². The molecule has 0 nitrogen and oxygen atoms in total. The van der Waals surface area contributed by atoms with E-state index in [1.165, 1.54) is 121 Å². The average molecular weight is 771 g/mol. The summed E-state index contributed by atoms with van der Waals surface area (Å²) in [6.45, 7) is 19.4. The van der Waals surface area contributed by atoms with Crippen molar-refractivity contribution in [3.63, 3.8) is 0 Å². The second-order valence-electron chi connectivity index (χ2n) is 20.4. The van der Waals surface area contributed by atoms with Crippen molar-refractivity contribution in [2.45, 2.75) is 77.0 Å². The molecule has 2 aliphatic rings. The van der Waals surface area contributed by atoms with Crippen molar-refractivity contribution >= 4 is 53.9 Å². The standard InChI is InChI=1S/C60H50/c1-57(2,3)41-31-45-51-47(33-41)55-54(44-28-36-20-16-18-22-38(36)30-50(44)59(55,7)39-23-11-9-12-24-39)46-32-42(58(4,5)6)34-48(52(46)51)56-53(45)43-27-35-19-15-17-21-37(35)29-49(43)60(56,8)40-25-13-10-14-26-40/h9-34H,1-8H3. The van der Waals surface area contributed by atoms with Crippen LogP contribution in [0.2, 0.25) is 0 Å². The van der Waals surface area contributed by atoms with Gasteiger partial charge in [-0.15, -0.1) is 0 Å². The molecule has 0 radical (unpaired) electrons. The summed E-state index contributed by atoms with van der Waals surface area (Å²) in [6, 6.07) is 61.1. The molecule has 0 amide bonds. The predicted molar refractivity (Wildman–Crippen MR) is 257 cm³/mol. The lowest BCUT2D eigenvalue weighted by Crippen LogP contribution is -2.24. The molecule has 0 spiro atoms. The minimum Gasteiger partial charge on any atom is -0.0622 e. The SMILES string of the molecule is CC(C)(C)c1cc2c3c(c4cc(C(C)(C)C)cc5c6c(c(c1)c2c54)C(C)(c1ccccc1)c1cc2ccccc2cc1-6)C(C)(c1ccccc1)c1cc2ccccc2cc1-3. The van der Waals surface area contributed by atoms with Gasteiger partial charge in [-0.2, -0.15) is 0 Å².